The number of anilines is 1. The minimum Gasteiger partial charge on any atom is -0.362 e. The van der Waals surface area contributed by atoms with Gasteiger partial charge in [0.05, 0.1) is 12.6 Å². The van der Waals surface area contributed by atoms with Crippen molar-refractivity contribution in [2.45, 2.75) is 44.6 Å². The number of hydrogen-bond donors (Lipinski definition) is 3. The van der Waals surface area contributed by atoms with E-state index in [0.29, 0.717) is 5.11 Å². The van der Waals surface area contributed by atoms with E-state index in [2.05, 4.69) is 16.0 Å². The van der Waals surface area contributed by atoms with Crippen LogP contribution in [0.5, 0.6) is 0 Å². The third-order valence-electron chi connectivity index (χ3n) is 3.92. The highest BCUT2D eigenvalue weighted by molar-refractivity contribution is 7.80. The minimum absolute atomic E-state index is 0.676. The van der Waals surface area contributed by atoms with E-state index in [4.69, 9.17) is 23.8 Å². The molecule has 0 radical (unpaired) electrons. The van der Waals surface area contributed by atoms with E-state index in [1.807, 2.05) is 24.3 Å². The van der Waals surface area contributed by atoms with Gasteiger partial charge in [-0.05, 0) is 62.2 Å². The largest absolute Gasteiger partial charge is 0.362 e. The summed E-state index contributed by atoms with van der Waals surface area (Å²) in [4.78, 5) is 0. The second-order valence-electron chi connectivity index (χ2n) is 5.66. The monoisotopic (exact) mass is 326 g/mol. The summed E-state index contributed by atoms with van der Waals surface area (Å²) in [5, 5.41) is 10.3. The minimum atomic E-state index is 0.676. The van der Waals surface area contributed by atoms with Crippen LogP contribution in [0.3, 0.4) is 0 Å². The van der Waals surface area contributed by atoms with E-state index >= 15 is 0 Å². The maximum absolute atomic E-state index is 5.85. The predicted molar refractivity (Wildman–Crippen MR) is 94.0 cm³/mol. The number of thiocarbonyl (C=S) groups is 1. The Morgan fingerprint density at radius 2 is 1.90 bits per heavy atom. The van der Waals surface area contributed by atoms with Crippen LogP contribution in [0.15, 0.2) is 24.3 Å². The lowest BCUT2D eigenvalue weighted by molar-refractivity contribution is -0.691. The number of nitrogens with two attached hydrogens (primary N) is 1. The molecule has 0 aliphatic heterocycles. The van der Waals surface area contributed by atoms with Crippen LogP contribution in [0.1, 0.15) is 38.5 Å². The number of halogens is 1. The van der Waals surface area contributed by atoms with Gasteiger partial charge in [-0.1, -0.05) is 18.0 Å². The van der Waals surface area contributed by atoms with Crippen LogP contribution in [-0.2, 0) is 0 Å². The van der Waals surface area contributed by atoms with Crippen LogP contribution >= 0.6 is 23.8 Å². The second kappa shape index (κ2) is 9.23. The van der Waals surface area contributed by atoms with E-state index in [-0.39, 0.29) is 0 Å². The highest BCUT2D eigenvalue weighted by atomic mass is 35.5. The first kappa shape index (κ1) is 16.5. The Morgan fingerprint density at radius 1 is 1.19 bits per heavy atom. The van der Waals surface area contributed by atoms with Crippen LogP contribution in [0.4, 0.5) is 5.69 Å². The molecule has 1 aromatic carbocycles. The highest BCUT2D eigenvalue weighted by Gasteiger charge is 2.14. The Bertz CT molecular complexity index is 430. The lowest BCUT2D eigenvalue weighted by Gasteiger charge is -2.19. The molecule has 4 N–H and O–H groups in total. The molecule has 21 heavy (non-hydrogen) atoms. The van der Waals surface area contributed by atoms with E-state index < -0.39 is 0 Å². The Balaban J connectivity index is 1.53. The Morgan fingerprint density at radius 3 is 2.62 bits per heavy atom. The molecule has 0 atom stereocenters. The van der Waals surface area contributed by atoms with Crippen molar-refractivity contribution in [3.63, 3.8) is 0 Å². The van der Waals surface area contributed by atoms with Gasteiger partial charge in [0.25, 0.3) is 0 Å². The summed E-state index contributed by atoms with van der Waals surface area (Å²) in [7, 11) is 0. The van der Waals surface area contributed by atoms with E-state index in [1.54, 1.807) is 0 Å². The maximum atomic E-state index is 5.85. The van der Waals surface area contributed by atoms with Gasteiger partial charge in [-0.2, -0.15) is 0 Å². The molecule has 0 spiro atoms. The molecule has 1 saturated carbocycles. The van der Waals surface area contributed by atoms with Gasteiger partial charge in [-0.15, -0.1) is 0 Å². The van der Waals surface area contributed by atoms with Crippen LogP contribution in [-0.4, -0.2) is 24.2 Å². The number of hydrogen-bond acceptors (Lipinski definition) is 1. The van der Waals surface area contributed by atoms with Crippen molar-refractivity contribution in [1.82, 2.24) is 5.32 Å². The molecule has 3 nitrogen and oxygen atoms in total. The third-order valence-corrected chi connectivity index (χ3v) is 4.42. The zero-order chi connectivity index (χ0) is 14.9. The van der Waals surface area contributed by atoms with Gasteiger partial charge in [-0.25, -0.2) is 0 Å². The molecule has 116 valence electrons. The first-order valence-electron chi connectivity index (χ1n) is 7.88. The molecule has 0 amide bonds. The number of nitrogens with one attached hydrogen (secondary N) is 2. The zero-order valence-electron chi connectivity index (χ0n) is 12.4. The van der Waals surface area contributed by atoms with Gasteiger partial charge < -0.3 is 16.0 Å². The fourth-order valence-electron chi connectivity index (χ4n) is 2.74. The molecule has 0 aromatic heterocycles. The Labute approximate surface area is 137 Å². The van der Waals surface area contributed by atoms with Crippen molar-refractivity contribution >= 4 is 34.6 Å². The standard InChI is InChI=1S/C16H24ClN3S/c17-13-7-9-15(10-8-13)20-16(21)19-12-4-11-18-14-5-2-1-3-6-14/h7-10,14,18H,1-6,11-12H2,(H2,19,20,21)/p+1. The van der Waals surface area contributed by atoms with Crippen molar-refractivity contribution < 1.29 is 5.32 Å². The first-order chi connectivity index (χ1) is 10.2. The lowest BCUT2D eigenvalue weighted by Crippen LogP contribution is -2.90. The van der Waals surface area contributed by atoms with Gasteiger partial charge in [-0.3, -0.25) is 0 Å². The molecule has 5 heteroatoms. The topological polar surface area (TPSA) is 40.7 Å². The number of quaternary nitrogens is 1. The fraction of sp³-hybridized carbons (Fsp3) is 0.562. The second-order valence-corrected chi connectivity index (χ2v) is 6.51. The SMILES string of the molecule is S=C(NCCC[NH2+]C1CCCCC1)Nc1ccc(Cl)cc1. The Kier molecular flexibility index (Phi) is 7.27. The molecule has 1 aromatic rings. The third kappa shape index (κ3) is 6.64. The molecular weight excluding hydrogens is 302 g/mol. The molecule has 0 heterocycles. The molecule has 0 unspecified atom stereocenters. The zero-order valence-corrected chi connectivity index (χ0v) is 14.0. The summed E-state index contributed by atoms with van der Waals surface area (Å²) in [5.41, 5.74) is 0.964. The molecule has 0 bridgehead atoms. The van der Waals surface area contributed by atoms with Crippen molar-refractivity contribution in [2.24, 2.45) is 0 Å². The van der Waals surface area contributed by atoms with E-state index in [1.165, 1.54) is 38.6 Å². The highest BCUT2D eigenvalue weighted by Crippen LogP contribution is 2.14. The number of rotatable bonds is 6. The van der Waals surface area contributed by atoms with Crippen molar-refractivity contribution in [3.8, 4) is 0 Å². The van der Waals surface area contributed by atoms with Gasteiger partial charge in [0.15, 0.2) is 5.11 Å². The molecule has 0 saturated heterocycles. The quantitative estimate of drug-likeness (QED) is 0.556. The molecular formula is C16H25ClN3S+. The van der Waals surface area contributed by atoms with Crippen molar-refractivity contribution in [2.75, 3.05) is 18.4 Å². The van der Waals surface area contributed by atoms with Gasteiger partial charge in [0.2, 0.25) is 0 Å². The smallest absolute Gasteiger partial charge is 0.170 e. The average Bonchev–Trinajstić information content (AvgIpc) is 2.50. The summed E-state index contributed by atoms with van der Waals surface area (Å²) in [6.07, 6.45) is 8.17. The van der Waals surface area contributed by atoms with Gasteiger partial charge in [0.1, 0.15) is 0 Å². The van der Waals surface area contributed by atoms with Crippen molar-refractivity contribution in [3.05, 3.63) is 29.3 Å². The Hall–Kier alpha value is -0.840. The summed E-state index contributed by atoms with van der Waals surface area (Å²) >= 11 is 11.1. The average molecular weight is 327 g/mol. The number of benzene rings is 1. The van der Waals surface area contributed by atoms with Gasteiger partial charge in [0, 0.05) is 23.7 Å². The van der Waals surface area contributed by atoms with E-state index in [9.17, 15) is 0 Å². The van der Waals surface area contributed by atoms with Crippen molar-refractivity contribution in [1.29, 1.82) is 0 Å². The fourth-order valence-corrected chi connectivity index (χ4v) is 3.08. The summed E-state index contributed by atoms with van der Waals surface area (Å²) < 4.78 is 0. The van der Waals surface area contributed by atoms with E-state index in [0.717, 1.165) is 29.7 Å². The van der Waals surface area contributed by atoms with Crippen LogP contribution < -0.4 is 16.0 Å². The normalized spacial score (nSPS) is 15.7. The predicted octanol–water partition coefficient (Wildman–Crippen LogP) is 2.91. The molecule has 1 fully saturated rings. The lowest BCUT2D eigenvalue weighted by atomic mass is 9.95. The van der Waals surface area contributed by atoms with Gasteiger partial charge >= 0.3 is 0 Å². The van der Waals surface area contributed by atoms with Crippen LogP contribution in [0, 0.1) is 0 Å². The maximum Gasteiger partial charge on any atom is 0.170 e. The summed E-state index contributed by atoms with van der Waals surface area (Å²) in [6.45, 7) is 2.10. The van der Waals surface area contributed by atoms with Crippen LogP contribution in [0.2, 0.25) is 5.02 Å². The summed E-state index contributed by atoms with van der Waals surface area (Å²) in [6, 6.07) is 8.41. The molecule has 1 aliphatic carbocycles. The first-order valence-corrected chi connectivity index (χ1v) is 8.66. The molecule has 1 aliphatic rings. The van der Waals surface area contributed by atoms with Crippen LogP contribution in [0.25, 0.3) is 0 Å². The summed E-state index contributed by atoms with van der Waals surface area (Å²) in [5.74, 6) is 0. The molecule has 2 rings (SSSR count).